The molecule has 0 aromatic heterocycles. The fourth-order valence-electron chi connectivity index (χ4n) is 2.48. The molecular formula is C14H27N3O3. The molecule has 1 aliphatic rings. The molecule has 0 aromatic rings. The van der Waals surface area contributed by atoms with Crippen LogP contribution in [0.5, 0.6) is 0 Å². The standard InChI is InChI=1S/C14H27N3O3/c1-10(2)17(12(18)8-15)11-6-7-16(9-11)13(19)20-14(3,4)5/h10-11H,6-9,15H2,1-5H3/t11-/m0/s1. The highest BCUT2D eigenvalue weighted by atomic mass is 16.6. The highest BCUT2D eigenvalue weighted by Crippen LogP contribution is 2.20. The first kappa shape index (κ1) is 16.8. The van der Waals surface area contributed by atoms with E-state index < -0.39 is 5.60 Å². The molecule has 6 heteroatoms. The van der Waals surface area contributed by atoms with Gasteiger partial charge in [-0.3, -0.25) is 4.79 Å². The van der Waals surface area contributed by atoms with Gasteiger partial charge in [0.25, 0.3) is 0 Å². The molecular weight excluding hydrogens is 258 g/mol. The zero-order chi connectivity index (χ0) is 15.5. The van der Waals surface area contributed by atoms with Crippen LogP contribution in [0.2, 0.25) is 0 Å². The molecule has 0 bridgehead atoms. The largest absolute Gasteiger partial charge is 0.444 e. The molecule has 1 rings (SSSR count). The third kappa shape index (κ3) is 4.37. The summed E-state index contributed by atoms with van der Waals surface area (Å²) in [6, 6.07) is 0.105. The highest BCUT2D eigenvalue weighted by molar-refractivity contribution is 5.79. The molecule has 20 heavy (non-hydrogen) atoms. The fraction of sp³-hybridized carbons (Fsp3) is 0.857. The van der Waals surface area contributed by atoms with Crippen molar-refractivity contribution in [1.29, 1.82) is 0 Å². The first-order chi connectivity index (χ1) is 9.15. The lowest BCUT2D eigenvalue weighted by Gasteiger charge is -2.32. The van der Waals surface area contributed by atoms with E-state index in [1.807, 2.05) is 34.6 Å². The Morgan fingerprint density at radius 2 is 2.00 bits per heavy atom. The molecule has 0 radical (unpaired) electrons. The lowest BCUT2D eigenvalue weighted by molar-refractivity contribution is -0.133. The van der Waals surface area contributed by atoms with Gasteiger partial charge in [0.2, 0.25) is 5.91 Å². The molecule has 0 spiro atoms. The van der Waals surface area contributed by atoms with Gasteiger partial charge in [0.1, 0.15) is 5.60 Å². The minimum atomic E-state index is -0.500. The van der Waals surface area contributed by atoms with Crippen molar-refractivity contribution in [1.82, 2.24) is 9.80 Å². The third-order valence-corrected chi connectivity index (χ3v) is 3.23. The fourth-order valence-corrected chi connectivity index (χ4v) is 2.48. The zero-order valence-corrected chi connectivity index (χ0v) is 13.2. The van der Waals surface area contributed by atoms with E-state index in [9.17, 15) is 9.59 Å². The first-order valence-corrected chi connectivity index (χ1v) is 7.15. The predicted molar refractivity (Wildman–Crippen MR) is 77.2 cm³/mol. The molecule has 0 saturated carbocycles. The average Bonchev–Trinajstić information content (AvgIpc) is 2.75. The Morgan fingerprint density at radius 3 is 2.45 bits per heavy atom. The Hall–Kier alpha value is -1.30. The number of hydrogen-bond donors (Lipinski definition) is 1. The molecule has 1 aliphatic heterocycles. The van der Waals surface area contributed by atoms with Crippen LogP contribution in [0.15, 0.2) is 0 Å². The van der Waals surface area contributed by atoms with Crippen LogP contribution in [0.1, 0.15) is 41.0 Å². The van der Waals surface area contributed by atoms with Crippen LogP contribution >= 0.6 is 0 Å². The van der Waals surface area contributed by atoms with E-state index in [2.05, 4.69) is 0 Å². The lowest BCUT2D eigenvalue weighted by Crippen LogP contribution is -2.49. The predicted octanol–water partition coefficient (Wildman–Crippen LogP) is 1.19. The average molecular weight is 285 g/mol. The summed E-state index contributed by atoms with van der Waals surface area (Å²) in [6.45, 7) is 10.6. The van der Waals surface area contributed by atoms with Gasteiger partial charge in [-0.05, 0) is 41.0 Å². The Labute approximate surface area is 121 Å². The van der Waals surface area contributed by atoms with Gasteiger partial charge in [0.15, 0.2) is 0 Å². The van der Waals surface area contributed by atoms with Crippen LogP contribution in [-0.4, -0.2) is 59.1 Å². The highest BCUT2D eigenvalue weighted by Gasteiger charge is 2.35. The van der Waals surface area contributed by atoms with Crippen molar-refractivity contribution in [3.05, 3.63) is 0 Å². The number of carbonyl (C=O) groups excluding carboxylic acids is 2. The summed E-state index contributed by atoms with van der Waals surface area (Å²) in [5, 5.41) is 0. The summed E-state index contributed by atoms with van der Waals surface area (Å²) < 4.78 is 5.36. The van der Waals surface area contributed by atoms with Crippen molar-refractivity contribution in [3.63, 3.8) is 0 Å². The molecule has 1 fully saturated rings. The second-order valence-corrected chi connectivity index (χ2v) is 6.47. The number of carbonyl (C=O) groups is 2. The lowest BCUT2D eigenvalue weighted by atomic mass is 10.1. The van der Waals surface area contributed by atoms with Crippen molar-refractivity contribution in [3.8, 4) is 0 Å². The van der Waals surface area contributed by atoms with E-state index in [1.165, 1.54) is 0 Å². The molecule has 0 aliphatic carbocycles. The van der Waals surface area contributed by atoms with Crippen LogP contribution in [0.3, 0.4) is 0 Å². The van der Waals surface area contributed by atoms with E-state index in [4.69, 9.17) is 10.5 Å². The molecule has 2 N–H and O–H groups in total. The van der Waals surface area contributed by atoms with Crippen LogP contribution in [-0.2, 0) is 9.53 Å². The monoisotopic (exact) mass is 285 g/mol. The van der Waals surface area contributed by atoms with Crippen molar-refractivity contribution >= 4 is 12.0 Å². The summed E-state index contributed by atoms with van der Waals surface area (Å²) in [5.74, 6) is -0.0731. The molecule has 1 heterocycles. The Kier molecular flexibility index (Phi) is 5.39. The number of hydrogen-bond acceptors (Lipinski definition) is 4. The van der Waals surface area contributed by atoms with Gasteiger partial charge in [-0.1, -0.05) is 0 Å². The van der Waals surface area contributed by atoms with Gasteiger partial charge in [-0.2, -0.15) is 0 Å². The van der Waals surface area contributed by atoms with Crippen molar-refractivity contribution < 1.29 is 14.3 Å². The zero-order valence-electron chi connectivity index (χ0n) is 13.2. The van der Waals surface area contributed by atoms with Gasteiger partial charge in [0.05, 0.1) is 12.6 Å². The summed E-state index contributed by atoms with van der Waals surface area (Å²) in [5.41, 5.74) is 4.96. The maximum atomic E-state index is 12.0. The minimum absolute atomic E-state index is 0.00111. The van der Waals surface area contributed by atoms with Crippen LogP contribution in [0, 0.1) is 0 Å². The Balaban J connectivity index is 2.66. The third-order valence-electron chi connectivity index (χ3n) is 3.23. The minimum Gasteiger partial charge on any atom is -0.444 e. The maximum Gasteiger partial charge on any atom is 0.410 e. The normalized spacial score (nSPS) is 19.4. The molecule has 1 atom stereocenters. The number of nitrogens with zero attached hydrogens (tertiary/aromatic N) is 2. The van der Waals surface area contributed by atoms with E-state index in [1.54, 1.807) is 9.80 Å². The number of rotatable bonds is 3. The van der Waals surface area contributed by atoms with E-state index in [-0.39, 0.29) is 30.6 Å². The molecule has 0 aromatic carbocycles. The molecule has 116 valence electrons. The summed E-state index contributed by atoms with van der Waals surface area (Å²) in [4.78, 5) is 27.4. The second-order valence-electron chi connectivity index (χ2n) is 6.47. The summed E-state index contributed by atoms with van der Waals surface area (Å²) in [7, 11) is 0. The van der Waals surface area contributed by atoms with E-state index in [0.717, 1.165) is 6.42 Å². The number of nitrogens with two attached hydrogens (primary N) is 1. The summed E-state index contributed by atoms with van der Waals surface area (Å²) >= 11 is 0. The van der Waals surface area contributed by atoms with Crippen molar-refractivity contribution in [2.75, 3.05) is 19.6 Å². The molecule has 6 nitrogen and oxygen atoms in total. The number of amides is 2. The van der Waals surface area contributed by atoms with Crippen LogP contribution in [0.25, 0.3) is 0 Å². The summed E-state index contributed by atoms with van der Waals surface area (Å²) in [6.07, 6.45) is 0.451. The topological polar surface area (TPSA) is 75.9 Å². The Morgan fingerprint density at radius 1 is 1.40 bits per heavy atom. The van der Waals surface area contributed by atoms with Crippen LogP contribution in [0.4, 0.5) is 4.79 Å². The Bertz CT molecular complexity index is 363. The van der Waals surface area contributed by atoms with Crippen molar-refractivity contribution in [2.24, 2.45) is 5.73 Å². The van der Waals surface area contributed by atoms with Crippen molar-refractivity contribution in [2.45, 2.75) is 58.7 Å². The second kappa shape index (κ2) is 6.43. The number of likely N-dealkylation sites (tertiary alicyclic amines) is 1. The number of ether oxygens (including phenoxy) is 1. The van der Waals surface area contributed by atoms with E-state index >= 15 is 0 Å². The smallest absolute Gasteiger partial charge is 0.410 e. The quantitative estimate of drug-likeness (QED) is 0.845. The van der Waals surface area contributed by atoms with Gasteiger partial charge in [-0.25, -0.2) is 4.79 Å². The van der Waals surface area contributed by atoms with Gasteiger partial charge >= 0.3 is 6.09 Å². The van der Waals surface area contributed by atoms with Gasteiger partial charge in [0, 0.05) is 19.1 Å². The van der Waals surface area contributed by atoms with E-state index in [0.29, 0.717) is 13.1 Å². The van der Waals surface area contributed by atoms with Gasteiger partial charge in [-0.15, -0.1) is 0 Å². The maximum absolute atomic E-state index is 12.0. The molecule has 1 saturated heterocycles. The van der Waals surface area contributed by atoms with Crippen LogP contribution < -0.4 is 5.73 Å². The SMILES string of the molecule is CC(C)N(C(=O)CN)[C@H]1CCN(C(=O)OC(C)(C)C)C1. The molecule has 0 unspecified atom stereocenters. The molecule has 2 amide bonds. The van der Waals surface area contributed by atoms with Gasteiger partial charge < -0.3 is 20.3 Å². The first-order valence-electron chi connectivity index (χ1n) is 7.15.